The van der Waals surface area contributed by atoms with Crippen molar-refractivity contribution < 1.29 is 9.90 Å². The van der Waals surface area contributed by atoms with E-state index >= 15 is 0 Å². The van der Waals surface area contributed by atoms with Crippen molar-refractivity contribution in [1.29, 1.82) is 0 Å². The summed E-state index contributed by atoms with van der Waals surface area (Å²) in [5, 5.41) is 9.24. The summed E-state index contributed by atoms with van der Waals surface area (Å²) in [7, 11) is 0. The minimum Gasteiger partial charge on any atom is -0.481 e. The largest absolute Gasteiger partial charge is 0.481 e. The van der Waals surface area contributed by atoms with E-state index in [-0.39, 0.29) is 0 Å². The van der Waals surface area contributed by atoms with Crippen LogP contribution < -0.4 is 0 Å². The molecule has 0 amide bonds. The van der Waals surface area contributed by atoms with Crippen LogP contribution in [0.1, 0.15) is 77.0 Å². The molecular formula is C21H34O2. The molecule has 2 nitrogen and oxygen atoms in total. The molecule has 0 atom stereocenters. The lowest BCUT2D eigenvalue weighted by Crippen LogP contribution is -2.23. The second-order valence-corrected chi connectivity index (χ2v) is 8.67. The van der Waals surface area contributed by atoms with Gasteiger partial charge in [0.05, 0.1) is 5.41 Å². The van der Waals surface area contributed by atoms with Crippen molar-refractivity contribution >= 4 is 5.97 Å². The number of benzene rings is 1. The van der Waals surface area contributed by atoms with Crippen LogP contribution in [0.3, 0.4) is 0 Å². The Bertz CT molecular complexity index is 521. The van der Waals surface area contributed by atoms with E-state index < -0.39 is 11.4 Å². The average molecular weight is 319 g/mol. The van der Waals surface area contributed by atoms with Crippen LogP contribution in [-0.4, -0.2) is 11.1 Å². The maximum atomic E-state index is 11.2. The van der Waals surface area contributed by atoms with E-state index in [0.29, 0.717) is 5.41 Å². The standard InChI is InChI=1S/C21H34O2/c1-16-10-7-11-17(12-8-14-20(2,3)4)18(16)13-9-15-21(5,6)19(22)23/h7,10-11H,8-9,12-15H2,1-6H3,(H,22,23). The molecule has 0 aromatic heterocycles. The molecule has 0 bridgehead atoms. The average Bonchev–Trinajstić information content (AvgIpc) is 2.40. The van der Waals surface area contributed by atoms with Gasteiger partial charge < -0.3 is 5.11 Å². The molecule has 0 unspecified atom stereocenters. The Hall–Kier alpha value is -1.31. The maximum absolute atomic E-state index is 11.2. The van der Waals surface area contributed by atoms with Crippen molar-refractivity contribution in [2.24, 2.45) is 10.8 Å². The Morgan fingerprint density at radius 2 is 1.61 bits per heavy atom. The topological polar surface area (TPSA) is 37.3 Å². The van der Waals surface area contributed by atoms with Gasteiger partial charge in [-0.2, -0.15) is 0 Å². The van der Waals surface area contributed by atoms with Crippen LogP contribution in [0, 0.1) is 17.8 Å². The Morgan fingerprint density at radius 1 is 1.00 bits per heavy atom. The Balaban J connectivity index is 2.69. The highest BCUT2D eigenvalue weighted by molar-refractivity contribution is 5.73. The van der Waals surface area contributed by atoms with E-state index in [4.69, 9.17) is 0 Å². The first-order chi connectivity index (χ1) is 10.5. The Labute approximate surface area is 142 Å². The molecule has 130 valence electrons. The second kappa shape index (κ2) is 7.99. The summed E-state index contributed by atoms with van der Waals surface area (Å²) < 4.78 is 0. The molecule has 1 aromatic carbocycles. The van der Waals surface area contributed by atoms with Crippen LogP contribution >= 0.6 is 0 Å². The number of hydrogen-bond donors (Lipinski definition) is 1. The van der Waals surface area contributed by atoms with Crippen molar-refractivity contribution in [3.05, 3.63) is 34.9 Å². The molecule has 1 rings (SSSR count). The van der Waals surface area contributed by atoms with Crippen LogP contribution in [0.5, 0.6) is 0 Å². The van der Waals surface area contributed by atoms with Crippen molar-refractivity contribution in [2.75, 3.05) is 0 Å². The molecular weight excluding hydrogens is 284 g/mol. The molecule has 0 spiro atoms. The van der Waals surface area contributed by atoms with Crippen molar-refractivity contribution in [3.63, 3.8) is 0 Å². The van der Waals surface area contributed by atoms with E-state index in [1.54, 1.807) is 0 Å². The highest BCUT2D eigenvalue weighted by Gasteiger charge is 2.26. The molecule has 0 aliphatic rings. The van der Waals surface area contributed by atoms with E-state index in [9.17, 15) is 9.90 Å². The Kier molecular flexibility index (Phi) is 6.85. The van der Waals surface area contributed by atoms with Gasteiger partial charge in [-0.1, -0.05) is 39.0 Å². The van der Waals surface area contributed by atoms with Crippen LogP contribution in [0.2, 0.25) is 0 Å². The molecule has 1 N–H and O–H groups in total. The lowest BCUT2D eigenvalue weighted by Gasteiger charge is -2.21. The van der Waals surface area contributed by atoms with Crippen molar-refractivity contribution in [2.45, 2.75) is 80.1 Å². The van der Waals surface area contributed by atoms with Crippen LogP contribution in [0.4, 0.5) is 0 Å². The smallest absolute Gasteiger partial charge is 0.309 e. The lowest BCUT2D eigenvalue weighted by atomic mass is 9.84. The molecule has 0 fully saturated rings. The van der Waals surface area contributed by atoms with Gasteiger partial charge in [-0.05, 0) is 81.4 Å². The normalized spacial score (nSPS) is 12.4. The fraction of sp³-hybridized carbons (Fsp3) is 0.667. The SMILES string of the molecule is Cc1cccc(CCCC(C)(C)C)c1CCCC(C)(C)C(=O)O. The molecule has 0 aliphatic carbocycles. The van der Waals surface area contributed by atoms with E-state index in [0.717, 1.165) is 25.7 Å². The van der Waals surface area contributed by atoms with Gasteiger partial charge in [-0.25, -0.2) is 0 Å². The summed E-state index contributed by atoms with van der Waals surface area (Å²) in [6, 6.07) is 6.56. The van der Waals surface area contributed by atoms with E-state index in [1.165, 1.54) is 29.5 Å². The van der Waals surface area contributed by atoms with Gasteiger partial charge in [0.2, 0.25) is 0 Å². The zero-order valence-corrected chi connectivity index (χ0v) is 15.8. The molecule has 0 aliphatic heterocycles. The number of carboxylic acids is 1. The number of aliphatic carboxylic acids is 1. The fourth-order valence-electron chi connectivity index (χ4n) is 2.98. The van der Waals surface area contributed by atoms with Crippen molar-refractivity contribution in [3.8, 4) is 0 Å². The van der Waals surface area contributed by atoms with Gasteiger partial charge in [0, 0.05) is 0 Å². The summed E-state index contributed by atoms with van der Waals surface area (Å²) in [4.78, 5) is 11.2. The van der Waals surface area contributed by atoms with Gasteiger partial charge in [0.25, 0.3) is 0 Å². The van der Waals surface area contributed by atoms with E-state index in [2.05, 4.69) is 45.9 Å². The third-order valence-corrected chi connectivity index (χ3v) is 4.69. The molecule has 0 radical (unpaired) electrons. The predicted octanol–water partition coefficient (Wildman–Crippen LogP) is 5.80. The minimum atomic E-state index is -0.701. The summed E-state index contributed by atoms with van der Waals surface area (Å²) in [6.07, 6.45) is 6.19. The van der Waals surface area contributed by atoms with Gasteiger partial charge in [0.1, 0.15) is 0 Å². The second-order valence-electron chi connectivity index (χ2n) is 8.67. The number of hydrogen-bond acceptors (Lipinski definition) is 1. The summed E-state index contributed by atoms with van der Waals surface area (Å²) >= 11 is 0. The number of carboxylic acid groups (broad SMARTS) is 1. The molecule has 2 heteroatoms. The van der Waals surface area contributed by atoms with Crippen LogP contribution in [0.15, 0.2) is 18.2 Å². The highest BCUT2D eigenvalue weighted by Crippen LogP contribution is 2.27. The van der Waals surface area contributed by atoms with Gasteiger partial charge in [0.15, 0.2) is 0 Å². The highest BCUT2D eigenvalue weighted by atomic mass is 16.4. The van der Waals surface area contributed by atoms with Crippen molar-refractivity contribution in [1.82, 2.24) is 0 Å². The van der Waals surface area contributed by atoms with Gasteiger partial charge in [-0.15, -0.1) is 0 Å². The van der Waals surface area contributed by atoms with Gasteiger partial charge >= 0.3 is 5.97 Å². The monoisotopic (exact) mass is 318 g/mol. The summed E-state index contributed by atoms with van der Waals surface area (Å²) in [5.74, 6) is -0.701. The molecule has 0 saturated heterocycles. The molecule has 1 aromatic rings. The third kappa shape index (κ3) is 6.76. The quantitative estimate of drug-likeness (QED) is 0.658. The molecule has 0 saturated carbocycles. The number of aryl methyl sites for hydroxylation is 2. The van der Waals surface area contributed by atoms with E-state index in [1.807, 2.05) is 13.8 Å². The van der Waals surface area contributed by atoms with Gasteiger partial charge in [-0.3, -0.25) is 4.79 Å². The predicted molar refractivity (Wildman–Crippen MR) is 97.9 cm³/mol. The summed E-state index contributed by atoms with van der Waals surface area (Å²) in [5.41, 5.74) is 3.97. The van der Waals surface area contributed by atoms with Crippen LogP contribution in [-0.2, 0) is 17.6 Å². The lowest BCUT2D eigenvalue weighted by molar-refractivity contribution is -0.147. The third-order valence-electron chi connectivity index (χ3n) is 4.69. The maximum Gasteiger partial charge on any atom is 0.309 e. The first-order valence-corrected chi connectivity index (χ1v) is 8.84. The summed E-state index contributed by atoms with van der Waals surface area (Å²) in [6.45, 7) is 12.7. The fourth-order valence-corrected chi connectivity index (χ4v) is 2.98. The zero-order valence-electron chi connectivity index (χ0n) is 15.8. The molecule has 0 heterocycles. The minimum absolute atomic E-state index is 0.384. The number of rotatable bonds is 8. The zero-order chi connectivity index (χ0) is 17.7. The number of carbonyl (C=O) groups is 1. The first-order valence-electron chi connectivity index (χ1n) is 8.84. The first kappa shape index (κ1) is 19.7. The molecule has 23 heavy (non-hydrogen) atoms. The van der Waals surface area contributed by atoms with Crippen LogP contribution in [0.25, 0.3) is 0 Å². The Morgan fingerprint density at radius 3 is 2.17 bits per heavy atom.